The van der Waals surface area contributed by atoms with Crippen LogP contribution in [0.3, 0.4) is 0 Å². The Morgan fingerprint density at radius 3 is 2.25 bits per heavy atom. The van der Waals surface area contributed by atoms with Crippen LogP contribution >= 0.6 is 11.3 Å². The molecule has 7 heteroatoms. The molecule has 1 heterocycles. The van der Waals surface area contributed by atoms with Crippen molar-refractivity contribution < 1.29 is 19.0 Å². The van der Waals surface area contributed by atoms with Gasteiger partial charge in [-0.1, -0.05) is 13.8 Å². The Bertz CT molecular complexity index is 687. The van der Waals surface area contributed by atoms with Crippen LogP contribution in [0.4, 0.5) is 5.13 Å². The molecule has 0 aliphatic carbocycles. The molecule has 1 aromatic carbocycles. The summed E-state index contributed by atoms with van der Waals surface area (Å²) < 4.78 is 15.9. The molecule has 0 aliphatic rings. The van der Waals surface area contributed by atoms with Gasteiger partial charge < -0.3 is 19.5 Å². The van der Waals surface area contributed by atoms with Gasteiger partial charge in [0.2, 0.25) is 11.7 Å². The third kappa shape index (κ3) is 4.17. The van der Waals surface area contributed by atoms with Crippen LogP contribution in [0.15, 0.2) is 17.5 Å². The molecule has 0 fully saturated rings. The van der Waals surface area contributed by atoms with Gasteiger partial charge >= 0.3 is 0 Å². The number of aromatic nitrogens is 1. The lowest BCUT2D eigenvalue weighted by atomic mass is 10.1. The van der Waals surface area contributed by atoms with E-state index in [1.165, 1.54) is 11.3 Å². The molecule has 24 heavy (non-hydrogen) atoms. The fourth-order valence-electron chi connectivity index (χ4n) is 2.20. The predicted octanol–water partition coefficient (Wildman–Crippen LogP) is 3.47. The van der Waals surface area contributed by atoms with Crippen molar-refractivity contribution >= 4 is 22.4 Å². The second-order valence-corrected chi connectivity index (χ2v) is 6.35. The number of amides is 1. The average molecular weight is 350 g/mol. The van der Waals surface area contributed by atoms with Crippen molar-refractivity contribution in [1.82, 2.24) is 4.98 Å². The van der Waals surface area contributed by atoms with Crippen molar-refractivity contribution in [2.24, 2.45) is 0 Å². The van der Waals surface area contributed by atoms with E-state index in [1.807, 2.05) is 5.38 Å². The molecule has 0 spiro atoms. The second kappa shape index (κ2) is 8.01. The Morgan fingerprint density at radius 2 is 1.79 bits per heavy atom. The molecule has 0 unspecified atom stereocenters. The van der Waals surface area contributed by atoms with Gasteiger partial charge in [0, 0.05) is 5.38 Å². The standard InChI is InChI=1S/C17H22N2O4S/c1-10(2)12-9-24-17(18-12)19-15(20)8-11-6-13(21-3)16(23-5)14(7-11)22-4/h6-7,9-10H,8H2,1-5H3,(H,18,19,20). The zero-order chi connectivity index (χ0) is 17.7. The number of nitrogens with zero attached hydrogens (tertiary/aromatic N) is 1. The number of benzene rings is 1. The zero-order valence-corrected chi connectivity index (χ0v) is 15.3. The number of anilines is 1. The van der Waals surface area contributed by atoms with Crippen LogP contribution < -0.4 is 19.5 Å². The van der Waals surface area contributed by atoms with E-state index in [0.717, 1.165) is 11.3 Å². The molecule has 2 rings (SSSR count). The molecular weight excluding hydrogens is 328 g/mol. The van der Waals surface area contributed by atoms with Crippen LogP contribution in [0.5, 0.6) is 17.2 Å². The summed E-state index contributed by atoms with van der Waals surface area (Å²) in [7, 11) is 4.63. The average Bonchev–Trinajstić information content (AvgIpc) is 3.02. The molecule has 1 N–H and O–H groups in total. The van der Waals surface area contributed by atoms with E-state index >= 15 is 0 Å². The van der Waals surface area contributed by atoms with Crippen LogP contribution in [0.25, 0.3) is 0 Å². The van der Waals surface area contributed by atoms with Crippen LogP contribution in [0, 0.1) is 0 Å². The van der Waals surface area contributed by atoms with Crippen LogP contribution in [-0.2, 0) is 11.2 Å². The van der Waals surface area contributed by atoms with Gasteiger partial charge in [-0.25, -0.2) is 4.98 Å². The first kappa shape index (κ1) is 18.1. The third-order valence-electron chi connectivity index (χ3n) is 3.45. The number of rotatable bonds is 7. The Morgan fingerprint density at radius 1 is 1.17 bits per heavy atom. The minimum atomic E-state index is -0.145. The summed E-state index contributed by atoms with van der Waals surface area (Å²) in [5.41, 5.74) is 1.74. The van der Waals surface area contributed by atoms with E-state index in [-0.39, 0.29) is 12.3 Å². The van der Waals surface area contributed by atoms with Gasteiger partial charge in [-0.2, -0.15) is 0 Å². The Hall–Kier alpha value is -2.28. The highest BCUT2D eigenvalue weighted by Gasteiger charge is 2.15. The zero-order valence-electron chi connectivity index (χ0n) is 14.5. The molecule has 0 saturated carbocycles. The maximum Gasteiger partial charge on any atom is 0.230 e. The molecule has 0 bridgehead atoms. The summed E-state index contributed by atoms with van der Waals surface area (Å²) in [6, 6.07) is 3.53. The van der Waals surface area contributed by atoms with Gasteiger partial charge in [0.25, 0.3) is 0 Å². The van der Waals surface area contributed by atoms with Crippen LogP contribution in [-0.4, -0.2) is 32.2 Å². The number of carbonyl (C=O) groups excluding carboxylic acids is 1. The Kier molecular flexibility index (Phi) is 6.03. The first-order chi connectivity index (χ1) is 11.5. The van der Waals surface area contributed by atoms with E-state index in [1.54, 1.807) is 33.5 Å². The van der Waals surface area contributed by atoms with Crippen molar-refractivity contribution in [3.05, 3.63) is 28.8 Å². The highest BCUT2D eigenvalue weighted by molar-refractivity contribution is 7.13. The molecule has 130 valence electrons. The summed E-state index contributed by atoms with van der Waals surface area (Å²) in [6.07, 6.45) is 0.188. The third-order valence-corrected chi connectivity index (χ3v) is 4.22. The maximum absolute atomic E-state index is 12.3. The molecule has 2 aromatic rings. The van der Waals surface area contributed by atoms with Gasteiger partial charge in [0.05, 0.1) is 33.4 Å². The number of ether oxygens (including phenoxy) is 3. The van der Waals surface area contributed by atoms with Gasteiger partial charge in [-0.3, -0.25) is 4.79 Å². The largest absolute Gasteiger partial charge is 0.493 e. The topological polar surface area (TPSA) is 69.7 Å². The highest BCUT2D eigenvalue weighted by Crippen LogP contribution is 2.38. The second-order valence-electron chi connectivity index (χ2n) is 5.49. The smallest absolute Gasteiger partial charge is 0.230 e. The molecule has 0 atom stereocenters. The predicted molar refractivity (Wildman–Crippen MR) is 94.6 cm³/mol. The highest BCUT2D eigenvalue weighted by atomic mass is 32.1. The first-order valence-electron chi connectivity index (χ1n) is 7.52. The lowest BCUT2D eigenvalue weighted by Gasteiger charge is -2.13. The molecule has 1 aromatic heterocycles. The summed E-state index contributed by atoms with van der Waals surface area (Å²) in [5, 5.41) is 5.39. The molecule has 0 saturated heterocycles. The lowest BCUT2D eigenvalue weighted by Crippen LogP contribution is -2.14. The number of hydrogen-bond acceptors (Lipinski definition) is 6. The van der Waals surface area contributed by atoms with Gasteiger partial charge in [0.15, 0.2) is 16.6 Å². The number of hydrogen-bond donors (Lipinski definition) is 1. The van der Waals surface area contributed by atoms with Crippen molar-refractivity contribution in [1.29, 1.82) is 0 Å². The van der Waals surface area contributed by atoms with Crippen molar-refractivity contribution in [2.75, 3.05) is 26.6 Å². The van der Waals surface area contributed by atoms with Gasteiger partial charge in [-0.15, -0.1) is 11.3 Å². The van der Waals surface area contributed by atoms with Crippen molar-refractivity contribution in [3.8, 4) is 17.2 Å². The normalized spacial score (nSPS) is 10.6. The molecule has 0 radical (unpaired) electrons. The summed E-state index contributed by atoms with van der Waals surface area (Å²) in [6.45, 7) is 4.13. The minimum absolute atomic E-state index is 0.145. The summed E-state index contributed by atoms with van der Waals surface area (Å²) in [4.78, 5) is 16.7. The Labute approximate surface area is 145 Å². The van der Waals surface area contributed by atoms with Crippen LogP contribution in [0.2, 0.25) is 0 Å². The van der Waals surface area contributed by atoms with E-state index < -0.39 is 0 Å². The molecular formula is C17H22N2O4S. The quantitative estimate of drug-likeness (QED) is 0.828. The van der Waals surface area contributed by atoms with Crippen LogP contribution in [0.1, 0.15) is 31.0 Å². The molecule has 1 amide bonds. The number of nitrogens with one attached hydrogen (secondary N) is 1. The van der Waals surface area contributed by atoms with E-state index in [2.05, 4.69) is 24.1 Å². The van der Waals surface area contributed by atoms with E-state index in [4.69, 9.17) is 14.2 Å². The summed E-state index contributed by atoms with van der Waals surface area (Å²) >= 11 is 1.43. The lowest BCUT2D eigenvalue weighted by molar-refractivity contribution is -0.115. The van der Waals surface area contributed by atoms with E-state index in [0.29, 0.717) is 28.3 Å². The number of methoxy groups -OCH3 is 3. The van der Waals surface area contributed by atoms with E-state index in [9.17, 15) is 4.79 Å². The van der Waals surface area contributed by atoms with Gasteiger partial charge in [0.1, 0.15) is 0 Å². The van der Waals surface area contributed by atoms with Gasteiger partial charge in [-0.05, 0) is 23.6 Å². The van der Waals surface area contributed by atoms with Crippen molar-refractivity contribution in [2.45, 2.75) is 26.2 Å². The summed E-state index contributed by atoms with van der Waals surface area (Å²) in [5.74, 6) is 1.74. The monoisotopic (exact) mass is 350 g/mol. The van der Waals surface area contributed by atoms with Crippen molar-refractivity contribution in [3.63, 3.8) is 0 Å². The Balaban J connectivity index is 2.13. The fraction of sp³-hybridized carbons (Fsp3) is 0.412. The maximum atomic E-state index is 12.3. The SMILES string of the molecule is COc1cc(CC(=O)Nc2nc(C(C)C)cs2)cc(OC)c1OC. The first-order valence-corrected chi connectivity index (χ1v) is 8.40. The molecule has 0 aliphatic heterocycles. The number of thiazole rings is 1. The minimum Gasteiger partial charge on any atom is -0.493 e. The molecule has 6 nitrogen and oxygen atoms in total. The number of carbonyl (C=O) groups is 1. The fourth-order valence-corrected chi connectivity index (χ4v) is 3.08.